The van der Waals surface area contributed by atoms with Gasteiger partial charge in [-0.2, -0.15) is 0 Å². The lowest BCUT2D eigenvalue weighted by atomic mass is 10.0. The first kappa shape index (κ1) is 16.4. The number of amides is 1. The topological polar surface area (TPSA) is 41.6 Å². The van der Waals surface area contributed by atoms with E-state index >= 15 is 0 Å². The molecule has 112 valence electrons. The second-order valence-corrected chi connectivity index (χ2v) is 5.90. The van der Waals surface area contributed by atoms with Gasteiger partial charge in [-0.1, -0.05) is 27.7 Å². The molecule has 1 rings (SSSR count). The monoisotopic (exact) mass is 270 g/mol. The molecular weight excluding hydrogens is 240 g/mol. The number of hydrogen-bond donors (Lipinski definition) is 1. The van der Waals surface area contributed by atoms with Crippen molar-refractivity contribution in [3.63, 3.8) is 0 Å². The molecule has 0 bridgehead atoms. The largest absolute Gasteiger partial charge is 0.374 e. The average Bonchev–Trinajstić information content (AvgIpc) is 2.37. The summed E-state index contributed by atoms with van der Waals surface area (Å²) in [5.74, 6) is 1.00. The zero-order valence-electron chi connectivity index (χ0n) is 12.9. The third-order valence-corrected chi connectivity index (χ3v) is 3.71. The van der Waals surface area contributed by atoms with Gasteiger partial charge in [0.1, 0.15) is 0 Å². The second-order valence-electron chi connectivity index (χ2n) is 5.90. The Labute approximate surface area is 117 Å². The number of nitrogens with zero attached hydrogens (tertiary/aromatic N) is 1. The Morgan fingerprint density at radius 3 is 2.63 bits per heavy atom. The van der Waals surface area contributed by atoms with Crippen LogP contribution in [0.2, 0.25) is 0 Å². The Balaban J connectivity index is 2.30. The Hall–Kier alpha value is -0.610. The molecular formula is C15H30N2O2. The van der Waals surface area contributed by atoms with Crippen molar-refractivity contribution < 1.29 is 9.53 Å². The number of rotatable bonds is 7. The van der Waals surface area contributed by atoms with Crippen LogP contribution in [-0.4, -0.2) is 49.7 Å². The van der Waals surface area contributed by atoms with E-state index in [0.29, 0.717) is 12.5 Å². The fraction of sp³-hybridized carbons (Fsp3) is 0.933. The molecule has 0 saturated carbocycles. The molecule has 1 aliphatic heterocycles. The lowest BCUT2D eigenvalue weighted by molar-refractivity contribution is -0.126. The molecule has 0 aliphatic carbocycles. The normalized spacial score (nSPS) is 21.1. The molecule has 1 unspecified atom stereocenters. The van der Waals surface area contributed by atoms with Gasteiger partial charge in [0.2, 0.25) is 5.91 Å². The molecule has 0 spiro atoms. The number of morpholine rings is 1. The van der Waals surface area contributed by atoms with Crippen molar-refractivity contribution in [2.24, 2.45) is 11.8 Å². The van der Waals surface area contributed by atoms with Gasteiger partial charge in [0.15, 0.2) is 0 Å². The summed E-state index contributed by atoms with van der Waals surface area (Å²) in [7, 11) is 0. The fourth-order valence-corrected chi connectivity index (χ4v) is 2.60. The molecule has 1 saturated heterocycles. The van der Waals surface area contributed by atoms with Gasteiger partial charge in [-0.25, -0.2) is 0 Å². The van der Waals surface area contributed by atoms with Crippen LogP contribution in [0, 0.1) is 11.8 Å². The summed E-state index contributed by atoms with van der Waals surface area (Å²) in [6, 6.07) is 0. The van der Waals surface area contributed by atoms with E-state index in [4.69, 9.17) is 4.74 Å². The molecule has 1 atom stereocenters. The van der Waals surface area contributed by atoms with Crippen LogP contribution in [0.25, 0.3) is 0 Å². The maximum Gasteiger partial charge on any atom is 0.223 e. The number of carbonyl (C=O) groups is 1. The maximum absolute atomic E-state index is 11.9. The van der Waals surface area contributed by atoms with Gasteiger partial charge in [0, 0.05) is 32.1 Å². The van der Waals surface area contributed by atoms with E-state index < -0.39 is 0 Å². The van der Waals surface area contributed by atoms with Gasteiger partial charge in [0.25, 0.3) is 0 Å². The predicted molar refractivity (Wildman–Crippen MR) is 78.1 cm³/mol. The summed E-state index contributed by atoms with van der Waals surface area (Å²) in [6.07, 6.45) is 1.96. The van der Waals surface area contributed by atoms with Gasteiger partial charge in [-0.3, -0.25) is 9.69 Å². The SMILES string of the molecule is CCC(CC)C(=O)NCC1CN(CC(C)C)CCO1. The number of ether oxygens (including phenoxy) is 1. The summed E-state index contributed by atoms with van der Waals surface area (Å²) < 4.78 is 5.73. The minimum atomic E-state index is 0.144. The highest BCUT2D eigenvalue weighted by Crippen LogP contribution is 2.09. The molecule has 0 aromatic heterocycles. The van der Waals surface area contributed by atoms with Crippen LogP contribution in [0.15, 0.2) is 0 Å². The molecule has 1 N–H and O–H groups in total. The van der Waals surface area contributed by atoms with E-state index in [9.17, 15) is 4.79 Å². The van der Waals surface area contributed by atoms with Crippen LogP contribution in [0.1, 0.15) is 40.5 Å². The number of carbonyl (C=O) groups excluding carboxylic acids is 1. The van der Waals surface area contributed by atoms with Gasteiger partial charge >= 0.3 is 0 Å². The van der Waals surface area contributed by atoms with Crippen molar-refractivity contribution in [1.29, 1.82) is 0 Å². The van der Waals surface area contributed by atoms with Crippen LogP contribution < -0.4 is 5.32 Å². The van der Waals surface area contributed by atoms with Crippen molar-refractivity contribution in [2.45, 2.75) is 46.6 Å². The fourth-order valence-electron chi connectivity index (χ4n) is 2.60. The highest BCUT2D eigenvalue weighted by molar-refractivity contribution is 5.78. The van der Waals surface area contributed by atoms with E-state index in [0.717, 1.165) is 39.1 Å². The smallest absolute Gasteiger partial charge is 0.223 e. The lowest BCUT2D eigenvalue weighted by Crippen LogP contribution is -2.49. The molecule has 1 fully saturated rings. The standard InChI is InChI=1S/C15H30N2O2/c1-5-13(6-2)15(18)16-9-14-11-17(7-8-19-14)10-12(3)4/h12-14H,5-11H2,1-4H3,(H,16,18). The molecule has 0 aromatic rings. The summed E-state index contributed by atoms with van der Waals surface area (Å²) >= 11 is 0. The van der Waals surface area contributed by atoms with Crippen LogP contribution in [0.4, 0.5) is 0 Å². The molecule has 0 aromatic carbocycles. The van der Waals surface area contributed by atoms with Crippen molar-refractivity contribution in [3.05, 3.63) is 0 Å². The third-order valence-electron chi connectivity index (χ3n) is 3.71. The Kier molecular flexibility index (Phi) is 7.39. The molecule has 1 amide bonds. The summed E-state index contributed by atoms with van der Waals surface area (Å²) in [6.45, 7) is 13.1. The summed E-state index contributed by atoms with van der Waals surface area (Å²) in [5.41, 5.74) is 0. The second kappa shape index (κ2) is 8.54. The minimum absolute atomic E-state index is 0.144. The maximum atomic E-state index is 11.9. The van der Waals surface area contributed by atoms with E-state index in [2.05, 4.69) is 37.9 Å². The van der Waals surface area contributed by atoms with Crippen LogP contribution in [-0.2, 0) is 9.53 Å². The van der Waals surface area contributed by atoms with E-state index in [1.165, 1.54) is 0 Å². The zero-order chi connectivity index (χ0) is 14.3. The summed E-state index contributed by atoms with van der Waals surface area (Å²) in [5, 5.41) is 3.04. The van der Waals surface area contributed by atoms with Crippen LogP contribution in [0.5, 0.6) is 0 Å². The Morgan fingerprint density at radius 2 is 2.05 bits per heavy atom. The van der Waals surface area contributed by atoms with Crippen molar-refractivity contribution in [2.75, 3.05) is 32.8 Å². The molecule has 1 heterocycles. The van der Waals surface area contributed by atoms with Gasteiger partial charge < -0.3 is 10.1 Å². The summed E-state index contributed by atoms with van der Waals surface area (Å²) in [4.78, 5) is 14.4. The molecule has 4 nitrogen and oxygen atoms in total. The first-order valence-corrected chi connectivity index (χ1v) is 7.68. The first-order valence-electron chi connectivity index (χ1n) is 7.68. The van der Waals surface area contributed by atoms with Crippen molar-refractivity contribution in [3.8, 4) is 0 Å². The van der Waals surface area contributed by atoms with Gasteiger partial charge in [-0.15, -0.1) is 0 Å². The number of nitrogens with one attached hydrogen (secondary N) is 1. The highest BCUT2D eigenvalue weighted by Gasteiger charge is 2.22. The average molecular weight is 270 g/mol. The third kappa shape index (κ3) is 5.91. The molecule has 1 aliphatic rings. The van der Waals surface area contributed by atoms with Crippen LogP contribution >= 0.6 is 0 Å². The van der Waals surface area contributed by atoms with E-state index in [-0.39, 0.29) is 17.9 Å². The van der Waals surface area contributed by atoms with Crippen molar-refractivity contribution in [1.82, 2.24) is 10.2 Å². The molecule has 19 heavy (non-hydrogen) atoms. The van der Waals surface area contributed by atoms with Crippen LogP contribution in [0.3, 0.4) is 0 Å². The molecule has 0 radical (unpaired) electrons. The minimum Gasteiger partial charge on any atom is -0.374 e. The quantitative estimate of drug-likeness (QED) is 0.768. The predicted octanol–water partition coefficient (Wildman–Crippen LogP) is 1.90. The number of hydrogen-bond acceptors (Lipinski definition) is 3. The highest BCUT2D eigenvalue weighted by atomic mass is 16.5. The Bertz CT molecular complexity index is 265. The first-order chi connectivity index (χ1) is 9.06. The molecule has 4 heteroatoms. The zero-order valence-corrected chi connectivity index (χ0v) is 12.9. The Morgan fingerprint density at radius 1 is 1.37 bits per heavy atom. The van der Waals surface area contributed by atoms with E-state index in [1.807, 2.05) is 0 Å². The van der Waals surface area contributed by atoms with Gasteiger partial charge in [0.05, 0.1) is 12.7 Å². The van der Waals surface area contributed by atoms with Crippen molar-refractivity contribution >= 4 is 5.91 Å². The lowest BCUT2D eigenvalue weighted by Gasteiger charge is -2.34. The van der Waals surface area contributed by atoms with E-state index in [1.54, 1.807) is 0 Å². The van der Waals surface area contributed by atoms with Gasteiger partial charge in [-0.05, 0) is 18.8 Å².